The van der Waals surface area contributed by atoms with Gasteiger partial charge in [-0.25, -0.2) is 0 Å². The summed E-state index contributed by atoms with van der Waals surface area (Å²) < 4.78 is 10.6. The summed E-state index contributed by atoms with van der Waals surface area (Å²) in [4.78, 5) is 24.7. The van der Waals surface area contributed by atoms with E-state index in [9.17, 15) is 9.59 Å². The zero-order chi connectivity index (χ0) is 16.5. The van der Waals surface area contributed by atoms with Crippen molar-refractivity contribution < 1.29 is 24.2 Å². The maximum absolute atomic E-state index is 12.6. The second kappa shape index (κ2) is 8.71. The second-order valence-corrected chi connectivity index (χ2v) is 4.49. The molecule has 0 spiro atoms. The number of ether oxygens (including phenoxy) is 2. The molecule has 1 N–H and O–H groups in total. The van der Waals surface area contributed by atoms with Gasteiger partial charge in [-0.1, -0.05) is 12.7 Å². The maximum Gasteiger partial charge on any atom is 0.305 e. The molecule has 6 nitrogen and oxygen atoms in total. The average Bonchev–Trinajstić information content (AvgIpc) is 2.52. The predicted molar refractivity (Wildman–Crippen MR) is 82.5 cm³/mol. The van der Waals surface area contributed by atoms with Crippen molar-refractivity contribution in [1.29, 1.82) is 0 Å². The monoisotopic (exact) mass is 307 g/mol. The summed E-state index contributed by atoms with van der Waals surface area (Å²) in [6.07, 6.45) is 1.48. The zero-order valence-corrected chi connectivity index (χ0v) is 12.9. The highest BCUT2D eigenvalue weighted by Crippen LogP contribution is 2.26. The van der Waals surface area contributed by atoms with E-state index in [1.807, 2.05) is 0 Å². The second-order valence-electron chi connectivity index (χ2n) is 4.49. The van der Waals surface area contributed by atoms with Crippen molar-refractivity contribution in [3.63, 3.8) is 0 Å². The fourth-order valence-electron chi connectivity index (χ4n) is 1.88. The van der Waals surface area contributed by atoms with Gasteiger partial charge in [0.15, 0.2) is 0 Å². The van der Waals surface area contributed by atoms with Gasteiger partial charge in [0.2, 0.25) is 0 Å². The Balaban J connectivity index is 3.02. The molecule has 1 aromatic rings. The third-order valence-electron chi connectivity index (χ3n) is 3.04. The minimum Gasteiger partial charge on any atom is -0.497 e. The number of aliphatic carboxylic acids is 1. The number of carbonyl (C=O) groups is 2. The van der Waals surface area contributed by atoms with Crippen molar-refractivity contribution in [2.75, 3.05) is 26.8 Å². The molecule has 0 aromatic heterocycles. The number of rotatable bonds is 9. The van der Waals surface area contributed by atoms with Gasteiger partial charge in [0, 0.05) is 19.2 Å². The van der Waals surface area contributed by atoms with Gasteiger partial charge in [-0.2, -0.15) is 0 Å². The van der Waals surface area contributed by atoms with Crippen molar-refractivity contribution in [2.45, 2.75) is 13.3 Å². The summed E-state index contributed by atoms with van der Waals surface area (Å²) in [7, 11) is 1.53. The van der Waals surface area contributed by atoms with Crippen LogP contribution in [0.15, 0.2) is 30.9 Å². The summed E-state index contributed by atoms with van der Waals surface area (Å²) in [5.74, 6) is -0.253. The molecule has 0 aliphatic rings. The SMILES string of the molecule is C=CCOc1cc(OC)ccc1C(=O)N(CC)CCC(=O)O. The molecule has 120 valence electrons. The number of hydrogen-bond acceptors (Lipinski definition) is 4. The van der Waals surface area contributed by atoms with E-state index in [1.165, 1.54) is 12.0 Å². The van der Waals surface area contributed by atoms with Crippen LogP contribution in [0.3, 0.4) is 0 Å². The quantitative estimate of drug-likeness (QED) is 0.708. The first-order chi connectivity index (χ1) is 10.5. The fourth-order valence-corrected chi connectivity index (χ4v) is 1.88. The Kier molecular flexibility index (Phi) is 6.95. The van der Waals surface area contributed by atoms with Gasteiger partial charge >= 0.3 is 5.97 Å². The van der Waals surface area contributed by atoms with E-state index in [4.69, 9.17) is 14.6 Å². The highest BCUT2D eigenvalue weighted by Gasteiger charge is 2.20. The van der Waals surface area contributed by atoms with E-state index in [2.05, 4.69) is 6.58 Å². The maximum atomic E-state index is 12.6. The molecule has 0 saturated heterocycles. The molecule has 22 heavy (non-hydrogen) atoms. The summed E-state index contributed by atoms with van der Waals surface area (Å²) in [6, 6.07) is 4.91. The minimum absolute atomic E-state index is 0.0986. The van der Waals surface area contributed by atoms with Gasteiger partial charge in [-0.05, 0) is 19.1 Å². The van der Waals surface area contributed by atoms with Crippen LogP contribution in [0.25, 0.3) is 0 Å². The highest BCUT2D eigenvalue weighted by molar-refractivity contribution is 5.97. The predicted octanol–water partition coefficient (Wildman–Crippen LogP) is 2.20. The van der Waals surface area contributed by atoms with E-state index in [1.54, 1.807) is 31.2 Å². The standard InChI is InChI=1S/C16H21NO5/c1-4-10-22-14-11-12(21-3)6-7-13(14)16(20)17(5-2)9-8-15(18)19/h4,6-7,11H,1,5,8-10H2,2-3H3,(H,18,19). The number of carboxylic acids is 1. The van der Waals surface area contributed by atoms with Crippen molar-refractivity contribution >= 4 is 11.9 Å². The summed E-state index contributed by atoms with van der Waals surface area (Å²) in [5, 5.41) is 8.76. The van der Waals surface area contributed by atoms with Crippen LogP contribution in [-0.2, 0) is 4.79 Å². The molecule has 0 saturated carbocycles. The lowest BCUT2D eigenvalue weighted by Crippen LogP contribution is -2.33. The first-order valence-electron chi connectivity index (χ1n) is 6.96. The molecular formula is C16H21NO5. The number of hydrogen-bond donors (Lipinski definition) is 1. The number of amides is 1. The number of nitrogens with zero attached hydrogens (tertiary/aromatic N) is 1. The molecule has 0 bridgehead atoms. The summed E-state index contributed by atoms with van der Waals surface area (Å²) in [6.45, 7) is 6.20. The lowest BCUT2D eigenvalue weighted by atomic mass is 10.1. The van der Waals surface area contributed by atoms with Crippen molar-refractivity contribution in [3.8, 4) is 11.5 Å². The van der Waals surface area contributed by atoms with Crippen LogP contribution >= 0.6 is 0 Å². The Bertz CT molecular complexity index is 541. The van der Waals surface area contributed by atoms with Crippen LogP contribution in [0.4, 0.5) is 0 Å². The normalized spacial score (nSPS) is 9.91. The van der Waals surface area contributed by atoms with Gasteiger partial charge < -0.3 is 19.5 Å². The van der Waals surface area contributed by atoms with Crippen LogP contribution < -0.4 is 9.47 Å². The average molecular weight is 307 g/mol. The first kappa shape index (κ1) is 17.6. The van der Waals surface area contributed by atoms with E-state index >= 15 is 0 Å². The van der Waals surface area contributed by atoms with Crippen LogP contribution in [0.1, 0.15) is 23.7 Å². The highest BCUT2D eigenvalue weighted by atomic mass is 16.5. The molecule has 0 aliphatic heterocycles. The molecule has 0 heterocycles. The topological polar surface area (TPSA) is 76.1 Å². The molecule has 0 unspecified atom stereocenters. The van der Waals surface area contributed by atoms with Crippen molar-refractivity contribution in [1.82, 2.24) is 4.90 Å². The molecule has 6 heteroatoms. The van der Waals surface area contributed by atoms with Crippen LogP contribution in [0.2, 0.25) is 0 Å². The molecule has 0 atom stereocenters. The Morgan fingerprint density at radius 3 is 2.68 bits per heavy atom. The Morgan fingerprint density at radius 2 is 2.14 bits per heavy atom. The van der Waals surface area contributed by atoms with E-state index < -0.39 is 5.97 Å². The number of carboxylic acid groups (broad SMARTS) is 1. The first-order valence-corrected chi connectivity index (χ1v) is 6.96. The van der Waals surface area contributed by atoms with Gasteiger partial charge in [0.05, 0.1) is 19.1 Å². The lowest BCUT2D eigenvalue weighted by Gasteiger charge is -2.21. The molecule has 1 aromatic carbocycles. The largest absolute Gasteiger partial charge is 0.497 e. The van der Waals surface area contributed by atoms with Gasteiger partial charge in [-0.3, -0.25) is 9.59 Å². The molecule has 0 aliphatic carbocycles. The number of methoxy groups -OCH3 is 1. The van der Waals surface area contributed by atoms with Crippen molar-refractivity contribution in [2.24, 2.45) is 0 Å². The van der Waals surface area contributed by atoms with Gasteiger partial charge in [0.1, 0.15) is 18.1 Å². The van der Waals surface area contributed by atoms with E-state index in [-0.39, 0.29) is 25.5 Å². The molecular weight excluding hydrogens is 286 g/mol. The molecule has 1 amide bonds. The van der Waals surface area contributed by atoms with Crippen molar-refractivity contribution in [3.05, 3.63) is 36.4 Å². The zero-order valence-electron chi connectivity index (χ0n) is 12.9. The van der Waals surface area contributed by atoms with E-state index in [0.717, 1.165) is 0 Å². The Hall–Kier alpha value is -2.50. The van der Waals surface area contributed by atoms with Crippen LogP contribution in [-0.4, -0.2) is 48.7 Å². The number of benzene rings is 1. The third kappa shape index (κ3) is 4.80. The molecule has 0 radical (unpaired) electrons. The molecule has 0 fully saturated rings. The van der Waals surface area contributed by atoms with Crippen LogP contribution in [0.5, 0.6) is 11.5 Å². The summed E-state index contributed by atoms with van der Waals surface area (Å²) in [5.41, 5.74) is 0.370. The fraction of sp³-hybridized carbons (Fsp3) is 0.375. The number of carbonyl (C=O) groups excluding carboxylic acids is 1. The summed E-state index contributed by atoms with van der Waals surface area (Å²) >= 11 is 0. The Labute approximate surface area is 129 Å². The smallest absolute Gasteiger partial charge is 0.305 e. The Morgan fingerprint density at radius 1 is 1.41 bits per heavy atom. The lowest BCUT2D eigenvalue weighted by molar-refractivity contribution is -0.137. The minimum atomic E-state index is -0.941. The van der Waals surface area contributed by atoms with Crippen LogP contribution in [0, 0.1) is 0 Å². The van der Waals surface area contributed by atoms with E-state index in [0.29, 0.717) is 23.6 Å². The van der Waals surface area contributed by atoms with Gasteiger partial charge in [0.25, 0.3) is 5.91 Å². The third-order valence-corrected chi connectivity index (χ3v) is 3.04. The van der Waals surface area contributed by atoms with Gasteiger partial charge in [-0.15, -0.1) is 0 Å². The molecule has 1 rings (SSSR count).